The molecule has 3 heterocycles. The van der Waals surface area contributed by atoms with Crippen molar-refractivity contribution < 1.29 is 19.4 Å². The number of thioether (sulfide) groups is 1. The van der Waals surface area contributed by atoms with Crippen LogP contribution in [0, 0.1) is 0 Å². The lowest BCUT2D eigenvalue weighted by atomic mass is 10.0. The number of aliphatic hydroxyl groups excluding tert-OH is 1. The Hall–Kier alpha value is -3.19. The van der Waals surface area contributed by atoms with E-state index in [0.29, 0.717) is 37.5 Å². The third-order valence-electron chi connectivity index (χ3n) is 6.17. The molecule has 1 aliphatic heterocycles. The van der Waals surface area contributed by atoms with Crippen LogP contribution in [-0.2, 0) is 21.6 Å². The number of aryl methyl sites for hydroxylation is 1. The molecule has 1 saturated heterocycles. The minimum atomic E-state index is -0.541. The van der Waals surface area contributed by atoms with Crippen molar-refractivity contribution in [3.05, 3.63) is 65.3 Å². The number of pyridine rings is 1. The first-order valence-electron chi connectivity index (χ1n) is 13.4. The van der Waals surface area contributed by atoms with Gasteiger partial charge in [0.15, 0.2) is 4.34 Å². The van der Waals surface area contributed by atoms with Crippen LogP contribution in [0.15, 0.2) is 53.4 Å². The summed E-state index contributed by atoms with van der Waals surface area (Å²) in [7, 11) is 0. The number of amides is 1. The number of rotatable bonds is 14. The molecule has 0 radical (unpaired) electrons. The summed E-state index contributed by atoms with van der Waals surface area (Å²) in [6.07, 6.45) is 3.14. The van der Waals surface area contributed by atoms with Crippen LogP contribution >= 0.6 is 23.1 Å². The highest BCUT2D eigenvalue weighted by atomic mass is 32.2. The van der Waals surface area contributed by atoms with Crippen LogP contribution < -0.4 is 15.5 Å². The van der Waals surface area contributed by atoms with Gasteiger partial charge in [-0.05, 0) is 43.0 Å². The van der Waals surface area contributed by atoms with Crippen molar-refractivity contribution >= 4 is 46.4 Å². The van der Waals surface area contributed by atoms with Crippen LogP contribution in [-0.4, -0.2) is 65.9 Å². The van der Waals surface area contributed by atoms with Crippen LogP contribution in [0.3, 0.4) is 0 Å². The predicted molar refractivity (Wildman–Crippen MR) is 160 cm³/mol. The molecule has 1 amide bonds. The fourth-order valence-electron chi connectivity index (χ4n) is 4.22. The number of nitrogens with zero attached hydrogens (tertiary/aromatic N) is 4. The zero-order chi connectivity index (χ0) is 28.2. The van der Waals surface area contributed by atoms with Gasteiger partial charge in [-0.15, -0.1) is 10.2 Å². The molecule has 1 unspecified atom stereocenters. The first kappa shape index (κ1) is 29.8. The molecule has 1 aromatic carbocycles. The van der Waals surface area contributed by atoms with Gasteiger partial charge in [-0.3, -0.25) is 5.32 Å². The first-order chi connectivity index (χ1) is 19.6. The number of carbonyl (C=O) groups excluding carboxylic acids is 1. The molecule has 1 fully saturated rings. The second-order valence-electron chi connectivity index (χ2n) is 9.11. The molecule has 0 saturated carbocycles. The third kappa shape index (κ3) is 8.91. The molecule has 0 aliphatic carbocycles. The molecule has 1 atom stereocenters. The Bertz CT molecular complexity index is 1250. The molecule has 0 spiro atoms. The average molecular weight is 585 g/mol. The maximum Gasteiger partial charge on any atom is 0.411 e. The number of hydrogen-bond donors (Lipinski definition) is 3. The second-order valence-corrected chi connectivity index (χ2v) is 11.4. The van der Waals surface area contributed by atoms with Crippen molar-refractivity contribution in [3.63, 3.8) is 0 Å². The SMILES string of the molecule is C=CCOC(=O)Nc1cccc(C(CCCO)Nc2cc(N3CCOCC3)cc(CSc3nnc(CC)s3)n2)c1. The van der Waals surface area contributed by atoms with Gasteiger partial charge in [-0.2, -0.15) is 0 Å². The van der Waals surface area contributed by atoms with Crippen molar-refractivity contribution in [2.75, 3.05) is 55.1 Å². The van der Waals surface area contributed by atoms with Crippen molar-refractivity contribution in [2.24, 2.45) is 0 Å². The number of aliphatic hydroxyl groups is 1. The number of ether oxygens (including phenoxy) is 2. The minimum Gasteiger partial charge on any atom is -0.445 e. The molecule has 3 N–H and O–H groups in total. The summed E-state index contributed by atoms with van der Waals surface area (Å²) >= 11 is 3.25. The zero-order valence-electron chi connectivity index (χ0n) is 22.7. The summed E-state index contributed by atoms with van der Waals surface area (Å²) in [5, 5.41) is 25.5. The van der Waals surface area contributed by atoms with E-state index in [2.05, 4.69) is 51.4 Å². The quantitative estimate of drug-likeness (QED) is 0.170. The van der Waals surface area contributed by atoms with Gasteiger partial charge in [0.05, 0.1) is 24.9 Å². The largest absolute Gasteiger partial charge is 0.445 e. The Kier molecular flexibility index (Phi) is 11.6. The van der Waals surface area contributed by atoms with Crippen LogP contribution in [0.5, 0.6) is 0 Å². The lowest BCUT2D eigenvalue weighted by Crippen LogP contribution is -2.36. The Morgan fingerprint density at radius 2 is 2.15 bits per heavy atom. The van der Waals surface area contributed by atoms with Gasteiger partial charge in [0.2, 0.25) is 0 Å². The zero-order valence-corrected chi connectivity index (χ0v) is 24.3. The van der Waals surface area contributed by atoms with Crippen LogP contribution in [0.2, 0.25) is 0 Å². The summed E-state index contributed by atoms with van der Waals surface area (Å²) in [4.78, 5) is 19.3. The van der Waals surface area contributed by atoms with Crippen molar-refractivity contribution in [1.29, 1.82) is 0 Å². The second kappa shape index (κ2) is 15.6. The van der Waals surface area contributed by atoms with Crippen LogP contribution in [0.4, 0.5) is 22.0 Å². The van der Waals surface area contributed by atoms with Crippen molar-refractivity contribution in [3.8, 4) is 0 Å². The van der Waals surface area contributed by atoms with Crippen molar-refractivity contribution in [2.45, 2.75) is 42.3 Å². The minimum absolute atomic E-state index is 0.0781. The standard InChI is InChI=1S/C28H36N6O4S2/c1-3-13-38-27(36)30-21-8-5-7-20(16-21)24(9-6-12-35)31-25-18-23(34-10-14-37-15-11-34)17-22(29-25)19-39-28-33-32-26(4-2)40-28/h3,5,7-8,16-18,24,35H,1,4,6,9-15,19H2,2H3,(H,29,31)(H,30,36). The molecule has 3 aromatic rings. The summed E-state index contributed by atoms with van der Waals surface area (Å²) in [6, 6.07) is 11.7. The lowest BCUT2D eigenvalue weighted by molar-refractivity contribution is 0.122. The van der Waals surface area contributed by atoms with E-state index in [1.807, 2.05) is 24.3 Å². The summed E-state index contributed by atoms with van der Waals surface area (Å²) in [5.74, 6) is 1.41. The summed E-state index contributed by atoms with van der Waals surface area (Å²) < 4.78 is 11.6. The van der Waals surface area contributed by atoms with E-state index in [1.165, 1.54) is 6.08 Å². The lowest BCUT2D eigenvalue weighted by Gasteiger charge is -2.30. The molecular weight excluding hydrogens is 548 g/mol. The van der Waals surface area contributed by atoms with Crippen LogP contribution in [0.25, 0.3) is 0 Å². The molecule has 214 valence electrons. The molecule has 1 aliphatic rings. The highest BCUT2D eigenvalue weighted by Crippen LogP contribution is 2.31. The fourth-order valence-corrected chi connectivity index (χ4v) is 5.94. The molecule has 0 bridgehead atoms. The Morgan fingerprint density at radius 1 is 1.30 bits per heavy atom. The van der Waals surface area contributed by atoms with Gasteiger partial charge < -0.3 is 24.8 Å². The topological polar surface area (TPSA) is 122 Å². The van der Waals surface area contributed by atoms with E-state index in [1.54, 1.807) is 23.1 Å². The number of hydrogen-bond acceptors (Lipinski definition) is 11. The Balaban J connectivity index is 1.56. The van der Waals surface area contributed by atoms with Crippen LogP contribution in [0.1, 0.15) is 42.1 Å². The molecular formula is C28H36N6O4S2. The number of morpholine rings is 1. The molecule has 40 heavy (non-hydrogen) atoms. The fraction of sp³-hybridized carbons (Fsp3) is 0.429. The van der Waals surface area contributed by atoms with Gasteiger partial charge in [0, 0.05) is 42.9 Å². The summed E-state index contributed by atoms with van der Waals surface area (Å²) in [6.45, 7) is 8.86. The number of nitrogens with one attached hydrogen (secondary N) is 2. The Labute approximate surface area is 243 Å². The maximum absolute atomic E-state index is 12.1. The molecule has 2 aromatic heterocycles. The summed E-state index contributed by atoms with van der Waals surface area (Å²) in [5.41, 5.74) is 3.61. The average Bonchev–Trinajstić information content (AvgIpc) is 3.46. The number of anilines is 3. The van der Waals surface area contributed by atoms with E-state index in [4.69, 9.17) is 14.5 Å². The van der Waals surface area contributed by atoms with E-state index < -0.39 is 6.09 Å². The highest BCUT2D eigenvalue weighted by molar-refractivity contribution is 8.00. The van der Waals surface area contributed by atoms with E-state index in [0.717, 1.165) is 51.6 Å². The van der Waals surface area contributed by atoms with Gasteiger partial charge in [0.25, 0.3) is 0 Å². The number of aromatic nitrogens is 3. The van der Waals surface area contributed by atoms with Gasteiger partial charge in [0.1, 0.15) is 17.4 Å². The monoisotopic (exact) mass is 584 g/mol. The molecule has 12 heteroatoms. The van der Waals surface area contributed by atoms with Gasteiger partial charge in [-0.25, -0.2) is 9.78 Å². The van der Waals surface area contributed by atoms with E-state index >= 15 is 0 Å². The van der Waals surface area contributed by atoms with Gasteiger partial charge in [-0.1, -0.05) is 54.8 Å². The van der Waals surface area contributed by atoms with E-state index in [9.17, 15) is 9.90 Å². The van der Waals surface area contributed by atoms with E-state index in [-0.39, 0.29) is 19.3 Å². The highest BCUT2D eigenvalue weighted by Gasteiger charge is 2.18. The Morgan fingerprint density at radius 3 is 2.90 bits per heavy atom. The maximum atomic E-state index is 12.1. The third-order valence-corrected chi connectivity index (χ3v) is 8.41. The molecule has 10 nitrogen and oxygen atoms in total. The first-order valence-corrected chi connectivity index (χ1v) is 15.2. The smallest absolute Gasteiger partial charge is 0.411 e. The normalized spacial score (nSPS) is 14.0. The molecule has 4 rings (SSSR count). The van der Waals surface area contributed by atoms with Gasteiger partial charge >= 0.3 is 6.09 Å². The number of benzene rings is 1. The predicted octanol–water partition coefficient (Wildman–Crippen LogP) is 5.28. The number of carbonyl (C=O) groups is 1. The van der Waals surface area contributed by atoms with Crippen molar-refractivity contribution in [1.82, 2.24) is 15.2 Å².